The van der Waals surface area contributed by atoms with Gasteiger partial charge in [0.1, 0.15) is 0 Å². The zero-order valence-corrected chi connectivity index (χ0v) is 26.7. The lowest BCUT2D eigenvalue weighted by Gasteiger charge is -2.39. The fraction of sp³-hybridized carbons (Fsp3) is 0.824. The molecule has 0 N–H and O–H groups in total. The molecule has 35 heavy (non-hydrogen) atoms. The van der Waals surface area contributed by atoms with Crippen LogP contribution < -0.4 is 0 Å². The van der Waals surface area contributed by atoms with Crippen LogP contribution in [0.1, 0.15) is 180 Å². The molecular weight excluding hydrogens is 436 g/mol. The summed E-state index contributed by atoms with van der Waals surface area (Å²) in [6.45, 7) is 6.99. The molecule has 0 aliphatic heterocycles. The number of hydrogen-bond donors (Lipinski definition) is 0. The van der Waals surface area contributed by atoms with E-state index in [0.717, 1.165) is 5.92 Å². The Morgan fingerprint density at radius 3 is 1.31 bits per heavy atom. The Balaban J connectivity index is 2.69. The number of unbranched alkanes of at least 4 members (excludes halogenated alkanes) is 17. The van der Waals surface area contributed by atoms with Gasteiger partial charge in [-0.05, 0) is 22.9 Å². The van der Waals surface area contributed by atoms with Crippen molar-refractivity contribution in [3.8, 4) is 0 Å². The first kappa shape index (κ1) is 32.5. The van der Waals surface area contributed by atoms with Gasteiger partial charge >= 0.3 is 0 Å². The van der Waals surface area contributed by atoms with Gasteiger partial charge in [-0.1, -0.05) is 192 Å². The summed E-state index contributed by atoms with van der Waals surface area (Å²) >= 11 is 0. The van der Waals surface area contributed by atoms with Gasteiger partial charge in [0.05, 0.1) is 0 Å². The molecular formula is C34H64Si. The summed E-state index contributed by atoms with van der Waals surface area (Å²) in [6, 6.07) is 11.7. The van der Waals surface area contributed by atoms with Crippen molar-refractivity contribution in [3.05, 3.63) is 35.9 Å². The minimum absolute atomic E-state index is 0.595. The van der Waals surface area contributed by atoms with Gasteiger partial charge in [-0.3, -0.25) is 0 Å². The second kappa shape index (κ2) is 22.6. The number of rotatable bonds is 25. The van der Waals surface area contributed by atoms with Crippen molar-refractivity contribution in [2.24, 2.45) is 0 Å². The van der Waals surface area contributed by atoms with Gasteiger partial charge in [0.25, 0.3) is 0 Å². The van der Waals surface area contributed by atoms with Crippen LogP contribution >= 0.6 is 0 Å². The molecule has 0 fully saturated rings. The van der Waals surface area contributed by atoms with E-state index in [9.17, 15) is 0 Å². The Kier molecular flexibility index (Phi) is 21.0. The Labute approximate surface area is 225 Å². The highest BCUT2D eigenvalue weighted by Gasteiger charge is 2.33. The van der Waals surface area contributed by atoms with E-state index in [4.69, 9.17) is 0 Å². The number of benzene rings is 1. The summed E-state index contributed by atoms with van der Waals surface area (Å²) in [4.78, 5) is 0. The van der Waals surface area contributed by atoms with Crippen LogP contribution in [0, 0.1) is 0 Å². The van der Waals surface area contributed by atoms with E-state index in [1.165, 1.54) is 158 Å². The van der Waals surface area contributed by atoms with Crippen LogP contribution in [0.15, 0.2) is 30.3 Å². The smallest absolute Gasteiger partial charge is 0.0114 e. The van der Waals surface area contributed by atoms with Crippen molar-refractivity contribution in [2.75, 3.05) is 0 Å². The Bertz CT molecular complexity index is 531. The predicted octanol–water partition coefficient (Wildman–Crippen LogP) is 11.3. The Morgan fingerprint density at radius 1 is 0.514 bits per heavy atom. The molecule has 1 aromatic rings. The van der Waals surface area contributed by atoms with Crippen molar-refractivity contribution >= 4 is 10.2 Å². The fourth-order valence-electron chi connectivity index (χ4n) is 6.18. The molecule has 204 valence electrons. The minimum Gasteiger partial charge on any atom is -0.0654 e. The summed E-state index contributed by atoms with van der Waals surface area (Å²) in [6.07, 6.45) is 33.1. The standard InChI is InChI=1S/C34H64Si/c1-4-7-10-13-15-17-19-25-30-34(35,31-26-20-18-16-14-11-8-5-2)33(29-24-12-9-6-3)32-27-22-21-23-28-32/h21-23,27-28,33H,4-20,24-26,29-31H2,1-3,35H3. The van der Waals surface area contributed by atoms with Gasteiger partial charge in [0.15, 0.2) is 0 Å². The van der Waals surface area contributed by atoms with Crippen LogP contribution in [0.5, 0.6) is 0 Å². The van der Waals surface area contributed by atoms with Crippen molar-refractivity contribution in [1.82, 2.24) is 0 Å². The van der Waals surface area contributed by atoms with E-state index >= 15 is 0 Å². The minimum atomic E-state index is 0.595. The molecule has 0 spiro atoms. The van der Waals surface area contributed by atoms with Crippen molar-refractivity contribution in [3.63, 3.8) is 0 Å². The maximum Gasteiger partial charge on any atom is 0.0114 e. The highest BCUT2D eigenvalue weighted by Crippen LogP contribution is 2.51. The fourth-order valence-corrected chi connectivity index (χ4v) is 7.51. The molecule has 0 saturated heterocycles. The lowest BCUT2D eigenvalue weighted by molar-refractivity contribution is 0.341. The van der Waals surface area contributed by atoms with E-state index in [-0.39, 0.29) is 0 Å². The second-order valence-corrected chi connectivity index (χ2v) is 13.9. The molecule has 0 aliphatic rings. The van der Waals surface area contributed by atoms with Crippen LogP contribution in [0.25, 0.3) is 0 Å². The molecule has 1 rings (SSSR count). The molecule has 0 heterocycles. The average molecular weight is 501 g/mol. The second-order valence-electron chi connectivity index (χ2n) is 11.9. The first-order chi connectivity index (χ1) is 17.2. The molecule has 1 unspecified atom stereocenters. The zero-order chi connectivity index (χ0) is 25.5. The third-order valence-corrected chi connectivity index (χ3v) is 10.3. The SMILES string of the molecule is CCCCCCCCCCC([SiH3])(CCCCCCCCCC)C(CCCCCC)c1ccccc1. The molecule has 0 aromatic heterocycles. The van der Waals surface area contributed by atoms with Crippen LogP contribution in [0.2, 0.25) is 5.04 Å². The lowest BCUT2D eigenvalue weighted by Crippen LogP contribution is -2.23. The summed E-state index contributed by atoms with van der Waals surface area (Å²) < 4.78 is 0. The van der Waals surface area contributed by atoms with E-state index in [1.54, 1.807) is 5.56 Å². The van der Waals surface area contributed by atoms with Gasteiger partial charge in [0, 0.05) is 10.2 Å². The Hall–Kier alpha value is -0.563. The highest BCUT2D eigenvalue weighted by atomic mass is 28.1. The molecule has 0 nitrogen and oxygen atoms in total. The summed E-state index contributed by atoms with van der Waals surface area (Å²) in [5.41, 5.74) is 1.65. The first-order valence-corrected chi connectivity index (χ1v) is 17.2. The van der Waals surface area contributed by atoms with E-state index in [1.807, 2.05) is 0 Å². The molecule has 0 amide bonds. The van der Waals surface area contributed by atoms with Gasteiger partial charge in [0.2, 0.25) is 0 Å². The molecule has 1 aromatic carbocycles. The zero-order valence-electron chi connectivity index (χ0n) is 24.7. The van der Waals surface area contributed by atoms with E-state index in [2.05, 4.69) is 51.1 Å². The van der Waals surface area contributed by atoms with Gasteiger partial charge < -0.3 is 0 Å². The molecule has 0 radical (unpaired) electrons. The average Bonchev–Trinajstić information content (AvgIpc) is 2.88. The van der Waals surface area contributed by atoms with Crippen LogP contribution in [-0.4, -0.2) is 10.2 Å². The molecule has 1 heteroatoms. The maximum absolute atomic E-state index is 2.46. The van der Waals surface area contributed by atoms with Crippen molar-refractivity contribution < 1.29 is 0 Å². The predicted molar refractivity (Wildman–Crippen MR) is 165 cm³/mol. The topological polar surface area (TPSA) is 0 Å². The molecule has 0 saturated carbocycles. The maximum atomic E-state index is 2.46. The largest absolute Gasteiger partial charge is 0.0654 e. The Morgan fingerprint density at radius 2 is 0.886 bits per heavy atom. The van der Waals surface area contributed by atoms with Gasteiger partial charge in [-0.25, -0.2) is 0 Å². The molecule has 0 aliphatic carbocycles. The third-order valence-electron chi connectivity index (χ3n) is 8.59. The molecule has 1 atom stereocenters. The van der Waals surface area contributed by atoms with Gasteiger partial charge in [-0.2, -0.15) is 0 Å². The number of hydrogen-bond acceptors (Lipinski definition) is 0. The van der Waals surface area contributed by atoms with Crippen LogP contribution in [0.4, 0.5) is 0 Å². The highest BCUT2D eigenvalue weighted by molar-refractivity contribution is 6.15. The van der Waals surface area contributed by atoms with Crippen molar-refractivity contribution in [2.45, 2.75) is 179 Å². The van der Waals surface area contributed by atoms with E-state index < -0.39 is 0 Å². The normalized spacial score (nSPS) is 12.9. The summed E-state index contributed by atoms with van der Waals surface area (Å²) in [7, 11) is 1.35. The first-order valence-electron chi connectivity index (χ1n) is 16.2. The summed E-state index contributed by atoms with van der Waals surface area (Å²) in [5.74, 6) is 0.793. The quantitative estimate of drug-likeness (QED) is 0.0924. The van der Waals surface area contributed by atoms with Crippen LogP contribution in [-0.2, 0) is 0 Å². The lowest BCUT2D eigenvalue weighted by atomic mass is 9.75. The monoisotopic (exact) mass is 500 g/mol. The van der Waals surface area contributed by atoms with E-state index in [0.29, 0.717) is 5.04 Å². The molecule has 0 bridgehead atoms. The third kappa shape index (κ3) is 16.0. The van der Waals surface area contributed by atoms with Gasteiger partial charge in [-0.15, -0.1) is 0 Å². The van der Waals surface area contributed by atoms with Crippen molar-refractivity contribution in [1.29, 1.82) is 0 Å². The summed E-state index contributed by atoms with van der Waals surface area (Å²) in [5, 5.41) is 0.595. The van der Waals surface area contributed by atoms with Crippen LogP contribution in [0.3, 0.4) is 0 Å².